The molecule has 88 valence electrons. The first-order chi connectivity index (χ1) is 7.74. The molecular formula is C12H15BrFNS. The summed E-state index contributed by atoms with van der Waals surface area (Å²) >= 11 is 5.05. The lowest BCUT2D eigenvalue weighted by Crippen LogP contribution is -2.17. The molecule has 4 heteroatoms. The van der Waals surface area contributed by atoms with Gasteiger partial charge in [-0.1, -0.05) is 28.1 Å². The van der Waals surface area contributed by atoms with Gasteiger partial charge in [0.25, 0.3) is 0 Å². The standard InChI is InChI=1S/C12H15BrFNS/c1-2-6-16-7-5-15-9-10-3-4-11(13)8-12(10)14/h2-4,8,15H,1,5-7,9H2. The van der Waals surface area contributed by atoms with Crippen molar-refractivity contribution in [2.24, 2.45) is 0 Å². The second-order valence-electron chi connectivity index (χ2n) is 3.28. The molecule has 0 amide bonds. The fourth-order valence-corrected chi connectivity index (χ4v) is 2.15. The summed E-state index contributed by atoms with van der Waals surface area (Å²) in [6.45, 7) is 5.11. The van der Waals surface area contributed by atoms with Crippen LogP contribution in [0.3, 0.4) is 0 Å². The van der Waals surface area contributed by atoms with Crippen molar-refractivity contribution in [1.29, 1.82) is 0 Å². The fraction of sp³-hybridized carbons (Fsp3) is 0.333. The second-order valence-corrected chi connectivity index (χ2v) is 5.34. The Kier molecular flexibility index (Phi) is 6.76. The highest BCUT2D eigenvalue weighted by atomic mass is 79.9. The molecule has 0 fully saturated rings. The first-order valence-corrected chi connectivity index (χ1v) is 7.02. The molecule has 0 bridgehead atoms. The van der Waals surface area contributed by atoms with Crippen LogP contribution in [0.15, 0.2) is 35.3 Å². The Morgan fingerprint density at radius 3 is 3.00 bits per heavy atom. The van der Waals surface area contributed by atoms with Crippen LogP contribution >= 0.6 is 27.7 Å². The van der Waals surface area contributed by atoms with Gasteiger partial charge < -0.3 is 5.32 Å². The smallest absolute Gasteiger partial charge is 0.128 e. The molecule has 0 spiro atoms. The SMILES string of the molecule is C=CCSCCNCc1ccc(Br)cc1F. The highest BCUT2D eigenvalue weighted by molar-refractivity contribution is 9.10. The molecular weight excluding hydrogens is 289 g/mol. The molecule has 0 saturated carbocycles. The molecule has 1 rings (SSSR count). The lowest BCUT2D eigenvalue weighted by molar-refractivity contribution is 0.593. The van der Waals surface area contributed by atoms with Gasteiger partial charge >= 0.3 is 0 Å². The molecule has 0 aliphatic heterocycles. The van der Waals surface area contributed by atoms with E-state index in [9.17, 15) is 4.39 Å². The van der Waals surface area contributed by atoms with Crippen molar-refractivity contribution in [2.75, 3.05) is 18.1 Å². The van der Waals surface area contributed by atoms with Gasteiger partial charge in [0, 0.05) is 34.6 Å². The number of hydrogen-bond acceptors (Lipinski definition) is 2. The minimum absolute atomic E-state index is 0.166. The highest BCUT2D eigenvalue weighted by Crippen LogP contribution is 2.14. The van der Waals surface area contributed by atoms with Gasteiger partial charge in [-0.2, -0.15) is 11.8 Å². The van der Waals surface area contributed by atoms with Crippen molar-refractivity contribution >= 4 is 27.7 Å². The van der Waals surface area contributed by atoms with Crippen molar-refractivity contribution in [2.45, 2.75) is 6.54 Å². The topological polar surface area (TPSA) is 12.0 Å². The maximum Gasteiger partial charge on any atom is 0.128 e. The predicted octanol–water partition coefficient (Wildman–Crippen LogP) is 3.60. The van der Waals surface area contributed by atoms with Crippen LogP contribution < -0.4 is 5.32 Å². The van der Waals surface area contributed by atoms with Gasteiger partial charge in [0.15, 0.2) is 0 Å². The summed E-state index contributed by atoms with van der Waals surface area (Å²) in [5, 5.41) is 3.21. The molecule has 1 nitrogen and oxygen atoms in total. The van der Waals surface area contributed by atoms with Crippen LogP contribution in [0.2, 0.25) is 0 Å². The molecule has 0 radical (unpaired) electrons. The van der Waals surface area contributed by atoms with E-state index >= 15 is 0 Å². The summed E-state index contributed by atoms with van der Waals surface area (Å²) in [7, 11) is 0. The zero-order valence-corrected chi connectivity index (χ0v) is 11.4. The van der Waals surface area contributed by atoms with Gasteiger partial charge in [-0.3, -0.25) is 0 Å². The summed E-state index contributed by atoms with van der Waals surface area (Å²) in [4.78, 5) is 0. The summed E-state index contributed by atoms with van der Waals surface area (Å²) in [5.41, 5.74) is 0.705. The summed E-state index contributed by atoms with van der Waals surface area (Å²) in [6.07, 6.45) is 1.89. The zero-order chi connectivity index (χ0) is 11.8. The molecule has 1 N–H and O–H groups in total. The van der Waals surface area contributed by atoms with Gasteiger partial charge in [-0.15, -0.1) is 6.58 Å². The normalized spacial score (nSPS) is 10.4. The average molecular weight is 304 g/mol. The minimum Gasteiger partial charge on any atom is -0.312 e. The van der Waals surface area contributed by atoms with E-state index in [1.165, 1.54) is 6.07 Å². The Morgan fingerprint density at radius 1 is 1.50 bits per heavy atom. The van der Waals surface area contributed by atoms with E-state index in [-0.39, 0.29) is 5.82 Å². The molecule has 0 aliphatic carbocycles. The monoisotopic (exact) mass is 303 g/mol. The highest BCUT2D eigenvalue weighted by Gasteiger charge is 2.01. The van der Waals surface area contributed by atoms with Gasteiger partial charge in [-0.05, 0) is 12.1 Å². The van der Waals surface area contributed by atoms with Crippen LogP contribution in [0.4, 0.5) is 4.39 Å². The minimum atomic E-state index is -0.166. The molecule has 0 unspecified atom stereocenters. The van der Waals surface area contributed by atoms with Gasteiger partial charge in [0.1, 0.15) is 5.82 Å². The summed E-state index contributed by atoms with van der Waals surface area (Å²) in [5.74, 6) is 1.82. The Bertz CT molecular complexity index is 344. The maximum absolute atomic E-state index is 13.4. The number of hydrogen-bond donors (Lipinski definition) is 1. The fourth-order valence-electron chi connectivity index (χ4n) is 1.20. The number of nitrogens with one attached hydrogen (secondary N) is 1. The summed E-state index contributed by atoms with van der Waals surface area (Å²) < 4.78 is 14.2. The average Bonchev–Trinajstić information content (AvgIpc) is 2.26. The van der Waals surface area contributed by atoms with E-state index < -0.39 is 0 Å². The first-order valence-electron chi connectivity index (χ1n) is 5.07. The third-order valence-electron chi connectivity index (χ3n) is 1.99. The van der Waals surface area contributed by atoms with Crippen LogP contribution in [-0.4, -0.2) is 18.1 Å². The lowest BCUT2D eigenvalue weighted by Gasteiger charge is -2.05. The largest absolute Gasteiger partial charge is 0.312 e. The van der Waals surface area contributed by atoms with Crippen molar-refractivity contribution in [3.05, 3.63) is 46.7 Å². The van der Waals surface area contributed by atoms with E-state index in [2.05, 4.69) is 27.8 Å². The van der Waals surface area contributed by atoms with Gasteiger partial charge in [-0.25, -0.2) is 4.39 Å². The van der Waals surface area contributed by atoms with Crippen LogP contribution in [0, 0.1) is 5.82 Å². The maximum atomic E-state index is 13.4. The first kappa shape index (κ1) is 13.7. The molecule has 0 aromatic heterocycles. The Morgan fingerprint density at radius 2 is 2.31 bits per heavy atom. The lowest BCUT2D eigenvalue weighted by atomic mass is 10.2. The van der Waals surface area contributed by atoms with E-state index in [1.807, 2.05) is 23.9 Å². The number of benzene rings is 1. The van der Waals surface area contributed by atoms with Crippen LogP contribution in [0.1, 0.15) is 5.56 Å². The molecule has 0 aliphatic rings. The van der Waals surface area contributed by atoms with Crippen LogP contribution in [0.5, 0.6) is 0 Å². The molecule has 16 heavy (non-hydrogen) atoms. The Hall–Kier alpha value is -0.320. The molecule has 1 aromatic rings. The van der Waals surface area contributed by atoms with Crippen LogP contribution in [-0.2, 0) is 6.54 Å². The summed E-state index contributed by atoms with van der Waals surface area (Å²) in [6, 6.07) is 5.14. The van der Waals surface area contributed by atoms with Crippen molar-refractivity contribution < 1.29 is 4.39 Å². The number of thioether (sulfide) groups is 1. The van der Waals surface area contributed by atoms with E-state index in [4.69, 9.17) is 0 Å². The third kappa shape index (κ3) is 5.14. The number of halogens is 2. The molecule has 0 atom stereocenters. The third-order valence-corrected chi connectivity index (χ3v) is 3.45. The number of rotatable bonds is 7. The zero-order valence-electron chi connectivity index (χ0n) is 9.01. The van der Waals surface area contributed by atoms with Gasteiger partial charge in [0.05, 0.1) is 0 Å². The van der Waals surface area contributed by atoms with Gasteiger partial charge in [0.2, 0.25) is 0 Å². The predicted molar refractivity (Wildman–Crippen MR) is 73.3 cm³/mol. The van der Waals surface area contributed by atoms with Crippen molar-refractivity contribution in [3.63, 3.8) is 0 Å². The van der Waals surface area contributed by atoms with E-state index in [1.54, 1.807) is 6.07 Å². The molecule has 1 aromatic carbocycles. The quantitative estimate of drug-likeness (QED) is 0.610. The van der Waals surface area contributed by atoms with E-state index in [0.29, 0.717) is 12.1 Å². The van der Waals surface area contributed by atoms with Crippen molar-refractivity contribution in [1.82, 2.24) is 5.32 Å². The molecule has 0 saturated heterocycles. The van der Waals surface area contributed by atoms with Crippen molar-refractivity contribution in [3.8, 4) is 0 Å². The Balaban J connectivity index is 2.24. The van der Waals surface area contributed by atoms with E-state index in [0.717, 1.165) is 22.5 Å². The Labute approximate surface area is 109 Å². The molecule has 0 heterocycles. The second kappa shape index (κ2) is 7.87. The van der Waals surface area contributed by atoms with Crippen LogP contribution in [0.25, 0.3) is 0 Å².